The molecule has 0 aromatic heterocycles. The zero-order valence-corrected chi connectivity index (χ0v) is 5.90. The lowest BCUT2D eigenvalue weighted by Crippen LogP contribution is -1.96. The Morgan fingerprint density at radius 1 is 1.75 bits per heavy atom. The molecule has 0 spiro atoms. The van der Waals surface area contributed by atoms with Gasteiger partial charge in [-0.3, -0.25) is 0 Å². The van der Waals surface area contributed by atoms with Crippen molar-refractivity contribution in [2.75, 3.05) is 0 Å². The second-order valence-electron chi connectivity index (χ2n) is 1.90. The Bertz CT molecular complexity index is 137. The van der Waals surface area contributed by atoms with Crippen LogP contribution in [0.25, 0.3) is 0 Å². The molecule has 0 amide bonds. The predicted octanol–water partition coefficient (Wildman–Crippen LogP) is 2.05. The maximum atomic E-state index is 4.16. The van der Waals surface area contributed by atoms with Gasteiger partial charge in [0.1, 0.15) is 0 Å². The molecule has 0 aliphatic carbocycles. The van der Waals surface area contributed by atoms with E-state index in [1.807, 2.05) is 6.92 Å². The zero-order valence-electron chi connectivity index (χ0n) is 5.09. The quantitative estimate of drug-likeness (QED) is 0.454. The second kappa shape index (κ2) is 2.35. The summed E-state index contributed by atoms with van der Waals surface area (Å²) in [5.74, 6) is 0. The molecule has 1 nitrogen and oxygen atoms in total. The molecule has 2 heteroatoms. The molecule has 44 valence electrons. The fourth-order valence-corrected chi connectivity index (χ4v) is 1.05. The molecule has 0 radical (unpaired) electrons. The fourth-order valence-electron chi connectivity index (χ4n) is 0.507. The van der Waals surface area contributed by atoms with Crippen LogP contribution in [0.15, 0.2) is 16.5 Å². The summed E-state index contributed by atoms with van der Waals surface area (Å²) in [7, 11) is 0. The summed E-state index contributed by atoms with van der Waals surface area (Å²) < 4.78 is 4.16. The smallest absolute Gasteiger partial charge is 0.0453 e. The molecule has 0 saturated carbocycles. The third kappa shape index (κ3) is 1.37. The van der Waals surface area contributed by atoms with Gasteiger partial charge < -0.3 is 0 Å². The Labute approximate surface area is 54.0 Å². The topological polar surface area (TPSA) is 12.4 Å². The molecular formula is C6H9NS. The highest BCUT2D eigenvalue weighted by atomic mass is 32.2. The van der Waals surface area contributed by atoms with Gasteiger partial charge in [-0.1, -0.05) is 6.08 Å². The summed E-state index contributed by atoms with van der Waals surface area (Å²) in [4.78, 5) is 0. The summed E-state index contributed by atoms with van der Waals surface area (Å²) in [6.07, 6.45) is 4.22. The molecule has 1 heterocycles. The lowest BCUT2D eigenvalue weighted by molar-refractivity contribution is 1.24. The van der Waals surface area contributed by atoms with Crippen molar-refractivity contribution >= 4 is 17.7 Å². The minimum Gasteiger partial charge on any atom is -0.221 e. The molecule has 1 rings (SSSR count). The maximum Gasteiger partial charge on any atom is 0.0453 e. The Hall–Kier alpha value is -0.240. The van der Waals surface area contributed by atoms with Gasteiger partial charge in [-0.05, 0) is 31.9 Å². The maximum absolute atomic E-state index is 4.16. The van der Waals surface area contributed by atoms with E-state index in [0.717, 1.165) is 5.71 Å². The van der Waals surface area contributed by atoms with Gasteiger partial charge in [0, 0.05) is 11.0 Å². The van der Waals surface area contributed by atoms with E-state index in [0.29, 0.717) is 5.25 Å². The number of hydrogen-bond acceptors (Lipinski definition) is 2. The standard InChI is InChI=1S/C6H9NS/c1-5-3-4-6(2)8-7-5/h3-4,6H,1-2H3. The Balaban J connectivity index is 2.58. The summed E-state index contributed by atoms with van der Waals surface area (Å²) in [5, 5.41) is 0.568. The first-order chi connectivity index (χ1) is 3.79. The van der Waals surface area contributed by atoms with Crippen molar-refractivity contribution < 1.29 is 0 Å². The van der Waals surface area contributed by atoms with Crippen molar-refractivity contribution in [1.82, 2.24) is 0 Å². The SMILES string of the molecule is CC1=NSC(C)C=C1. The monoisotopic (exact) mass is 127 g/mol. The average molecular weight is 127 g/mol. The Morgan fingerprint density at radius 2 is 2.50 bits per heavy atom. The van der Waals surface area contributed by atoms with Crippen LogP contribution in [-0.2, 0) is 0 Å². The van der Waals surface area contributed by atoms with Crippen molar-refractivity contribution in [3.8, 4) is 0 Å². The summed E-state index contributed by atoms with van der Waals surface area (Å²) >= 11 is 1.63. The van der Waals surface area contributed by atoms with Crippen molar-refractivity contribution in [2.24, 2.45) is 4.40 Å². The lowest BCUT2D eigenvalue weighted by Gasteiger charge is -2.05. The molecule has 1 atom stereocenters. The Morgan fingerprint density at radius 3 is 2.88 bits per heavy atom. The molecule has 0 aromatic rings. The molecular weight excluding hydrogens is 118 g/mol. The van der Waals surface area contributed by atoms with Crippen molar-refractivity contribution in [2.45, 2.75) is 19.1 Å². The number of hydrogen-bond donors (Lipinski definition) is 0. The van der Waals surface area contributed by atoms with E-state index < -0.39 is 0 Å². The van der Waals surface area contributed by atoms with Crippen LogP contribution in [0.3, 0.4) is 0 Å². The van der Waals surface area contributed by atoms with Crippen molar-refractivity contribution in [1.29, 1.82) is 0 Å². The van der Waals surface area contributed by atoms with Crippen molar-refractivity contribution in [3.63, 3.8) is 0 Å². The number of nitrogens with zero attached hydrogens (tertiary/aromatic N) is 1. The number of allylic oxidation sites excluding steroid dienone is 1. The molecule has 0 fully saturated rings. The van der Waals surface area contributed by atoms with Crippen LogP contribution in [-0.4, -0.2) is 11.0 Å². The summed E-state index contributed by atoms with van der Waals surface area (Å²) in [6.45, 7) is 4.15. The largest absolute Gasteiger partial charge is 0.221 e. The van der Waals surface area contributed by atoms with E-state index in [4.69, 9.17) is 0 Å². The normalized spacial score (nSPS) is 27.8. The molecule has 0 bridgehead atoms. The van der Waals surface area contributed by atoms with Crippen LogP contribution in [0.5, 0.6) is 0 Å². The molecule has 1 aliphatic heterocycles. The minimum atomic E-state index is 0.568. The van der Waals surface area contributed by atoms with Gasteiger partial charge in [0.15, 0.2) is 0 Å². The molecule has 0 saturated heterocycles. The third-order valence-electron chi connectivity index (χ3n) is 0.971. The first kappa shape index (κ1) is 5.89. The summed E-state index contributed by atoms with van der Waals surface area (Å²) in [6, 6.07) is 0. The van der Waals surface area contributed by atoms with Gasteiger partial charge in [0.05, 0.1) is 0 Å². The highest BCUT2D eigenvalue weighted by Crippen LogP contribution is 2.17. The van der Waals surface area contributed by atoms with E-state index in [-0.39, 0.29) is 0 Å². The van der Waals surface area contributed by atoms with E-state index in [2.05, 4.69) is 23.5 Å². The molecule has 0 aromatic carbocycles. The fraction of sp³-hybridized carbons (Fsp3) is 0.500. The average Bonchev–Trinajstić information content (AvgIpc) is 1.77. The van der Waals surface area contributed by atoms with E-state index in [1.165, 1.54) is 0 Å². The van der Waals surface area contributed by atoms with Gasteiger partial charge in [-0.15, -0.1) is 0 Å². The van der Waals surface area contributed by atoms with E-state index in [1.54, 1.807) is 11.9 Å². The van der Waals surface area contributed by atoms with Gasteiger partial charge in [0.2, 0.25) is 0 Å². The third-order valence-corrected chi connectivity index (χ3v) is 1.85. The molecule has 1 aliphatic rings. The van der Waals surface area contributed by atoms with Crippen LogP contribution in [0.4, 0.5) is 0 Å². The predicted molar refractivity (Wildman–Crippen MR) is 39.3 cm³/mol. The van der Waals surface area contributed by atoms with E-state index in [9.17, 15) is 0 Å². The summed E-state index contributed by atoms with van der Waals surface area (Å²) in [5.41, 5.74) is 1.12. The van der Waals surface area contributed by atoms with Crippen LogP contribution in [0.2, 0.25) is 0 Å². The lowest BCUT2D eigenvalue weighted by atomic mass is 10.3. The van der Waals surface area contributed by atoms with Gasteiger partial charge >= 0.3 is 0 Å². The van der Waals surface area contributed by atoms with Crippen LogP contribution in [0.1, 0.15) is 13.8 Å². The van der Waals surface area contributed by atoms with Crippen LogP contribution < -0.4 is 0 Å². The highest BCUT2D eigenvalue weighted by Gasteiger charge is 1.99. The van der Waals surface area contributed by atoms with Gasteiger partial charge in [0.25, 0.3) is 0 Å². The highest BCUT2D eigenvalue weighted by molar-refractivity contribution is 7.99. The Kier molecular flexibility index (Phi) is 1.73. The van der Waals surface area contributed by atoms with Gasteiger partial charge in [-0.25, -0.2) is 4.40 Å². The molecule has 1 unspecified atom stereocenters. The first-order valence-electron chi connectivity index (χ1n) is 2.67. The number of rotatable bonds is 0. The minimum absolute atomic E-state index is 0.568. The van der Waals surface area contributed by atoms with Crippen LogP contribution >= 0.6 is 11.9 Å². The first-order valence-corrected chi connectivity index (χ1v) is 3.51. The zero-order chi connectivity index (χ0) is 5.98. The second-order valence-corrected chi connectivity index (χ2v) is 3.04. The van der Waals surface area contributed by atoms with E-state index >= 15 is 0 Å². The van der Waals surface area contributed by atoms with Crippen molar-refractivity contribution in [3.05, 3.63) is 12.2 Å². The van der Waals surface area contributed by atoms with Gasteiger partial charge in [-0.2, -0.15) is 0 Å². The van der Waals surface area contributed by atoms with Crippen LogP contribution in [0, 0.1) is 0 Å². The molecule has 0 N–H and O–H groups in total. The molecule has 8 heavy (non-hydrogen) atoms.